The fourth-order valence-corrected chi connectivity index (χ4v) is 2.56. The van der Waals surface area contributed by atoms with Crippen LogP contribution in [0.25, 0.3) is 0 Å². The van der Waals surface area contributed by atoms with Crippen LogP contribution in [0.5, 0.6) is 0 Å². The molecule has 2 amide bonds. The Labute approximate surface area is 113 Å². The highest BCUT2D eigenvalue weighted by Gasteiger charge is 2.46. The van der Waals surface area contributed by atoms with E-state index in [-0.39, 0.29) is 11.6 Å². The number of anilines is 1. The van der Waals surface area contributed by atoms with Gasteiger partial charge in [0.2, 0.25) is 0 Å². The third-order valence-corrected chi connectivity index (χ3v) is 3.96. The molecular weight excluding hydrogens is 240 g/mol. The van der Waals surface area contributed by atoms with E-state index in [0.717, 1.165) is 50.3 Å². The molecule has 1 aromatic carbocycles. The Balaban J connectivity index is 1.68. The summed E-state index contributed by atoms with van der Waals surface area (Å²) in [5.41, 5.74) is 7.46. The van der Waals surface area contributed by atoms with Crippen molar-refractivity contribution in [2.45, 2.75) is 18.4 Å². The number of carbonyl (C=O) groups is 1. The van der Waals surface area contributed by atoms with Crippen molar-refractivity contribution in [2.24, 2.45) is 0 Å². The van der Waals surface area contributed by atoms with Gasteiger partial charge in [0.25, 0.3) is 0 Å². The molecule has 0 radical (unpaired) electrons. The Morgan fingerprint density at radius 1 is 1.21 bits per heavy atom. The summed E-state index contributed by atoms with van der Waals surface area (Å²) >= 11 is 0. The molecule has 19 heavy (non-hydrogen) atoms. The van der Waals surface area contributed by atoms with Crippen molar-refractivity contribution in [2.75, 3.05) is 31.9 Å². The Morgan fingerprint density at radius 2 is 1.84 bits per heavy atom. The summed E-state index contributed by atoms with van der Waals surface area (Å²) < 4.78 is 0. The van der Waals surface area contributed by atoms with E-state index in [1.807, 2.05) is 29.2 Å². The van der Waals surface area contributed by atoms with Crippen LogP contribution >= 0.6 is 0 Å². The number of amides is 2. The zero-order valence-electron chi connectivity index (χ0n) is 11.0. The Morgan fingerprint density at radius 3 is 2.42 bits per heavy atom. The van der Waals surface area contributed by atoms with Crippen molar-refractivity contribution in [3.05, 3.63) is 29.8 Å². The molecule has 0 bridgehead atoms. The van der Waals surface area contributed by atoms with E-state index < -0.39 is 0 Å². The van der Waals surface area contributed by atoms with E-state index in [1.165, 1.54) is 0 Å². The third kappa shape index (κ3) is 2.51. The summed E-state index contributed by atoms with van der Waals surface area (Å²) in [6.07, 6.45) is 2.02. The number of carbonyl (C=O) groups excluding carboxylic acids is 1. The van der Waals surface area contributed by atoms with Crippen LogP contribution in [0.2, 0.25) is 0 Å². The lowest BCUT2D eigenvalue weighted by atomic mass is 10.0. The van der Waals surface area contributed by atoms with Crippen molar-refractivity contribution in [1.29, 1.82) is 0 Å². The fraction of sp³-hybridized carbons (Fsp3) is 0.500. The number of nitrogen functional groups attached to an aromatic ring is 1. The lowest BCUT2D eigenvalue weighted by Gasteiger charge is -2.30. The quantitative estimate of drug-likeness (QED) is 0.691. The maximum Gasteiger partial charge on any atom is 0.318 e. The van der Waals surface area contributed by atoms with Gasteiger partial charge in [0.1, 0.15) is 0 Å². The van der Waals surface area contributed by atoms with E-state index in [1.54, 1.807) is 0 Å². The number of rotatable bonds is 2. The molecule has 2 aliphatic rings. The molecule has 1 aliphatic carbocycles. The summed E-state index contributed by atoms with van der Waals surface area (Å²) in [5, 5.41) is 6.44. The van der Waals surface area contributed by atoms with Crippen molar-refractivity contribution in [1.82, 2.24) is 15.5 Å². The first-order valence-electron chi connectivity index (χ1n) is 6.83. The molecule has 1 aliphatic heterocycles. The predicted octanol–water partition coefficient (Wildman–Crippen LogP) is 0.873. The molecule has 0 unspecified atom stereocenters. The molecule has 0 spiro atoms. The summed E-state index contributed by atoms with van der Waals surface area (Å²) in [6.45, 7) is 3.32. The monoisotopic (exact) mass is 260 g/mol. The van der Waals surface area contributed by atoms with Gasteiger partial charge in [-0.05, 0) is 30.5 Å². The SMILES string of the molecule is Nc1ccc(C2(NC(=O)N3CCNCC3)CC2)cc1. The van der Waals surface area contributed by atoms with Crippen molar-refractivity contribution in [3.63, 3.8) is 0 Å². The van der Waals surface area contributed by atoms with Crippen LogP contribution in [0.15, 0.2) is 24.3 Å². The number of hydrogen-bond donors (Lipinski definition) is 3. The summed E-state index contributed by atoms with van der Waals surface area (Å²) in [5.74, 6) is 0. The van der Waals surface area contributed by atoms with Crippen molar-refractivity contribution in [3.8, 4) is 0 Å². The van der Waals surface area contributed by atoms with Crippen LogP contribution in [-0.4, -0.2) is 37.1 Å². The van der Waals surface area contributed by atoms with Gasteiger partial charge in [0, 0.05) is 31.9 Å². The minimum absolute atomic E-state index is 0.0517. The number of piperazine rings is 1. The van der Waals surface area contributed by atoms with Gasteiger partial charge >= 0.3 is 6.03 Å². The largest absolute Gasteiger partial charge is 0.399 e. The van der Waals surface area contributed by atoms with Crippen molar-refractivity contribution < 1.29 is 4.79 Å². The zero-order valence-corrected chi connectivity index (χ0v) is 11.0. The van der Waals surface area contributed by atoms with Gasteiger partial charge in [-0.25, -0.2) is 4.79 Å². The van der Waals surface area contributed by atoms with E-state index >= 15 is 0 Å². The van der Waals surface area contributed by atoms with Gasteiger partial charge in [-0.2, -0.15) is 0 Å². The molecule has 1 aromatic rings. The number of nitrogens with zero attached hydrogens (tertiary/aromatic N) is 1. The summed E-state index contributed by atoms with van der Waals surface area (Å²) in [7, 11) is 0. The molecule has 1 saturated carbocycles. The molecule has 5 nitrogen and oxygen atoms in total. The van der Waals surface area contributed by atoms with Crippen LogP contribution < -0.4 is 16.4 Å². The highest BCUT2D eigenvalue weighted by molar-refractivity contribution is 5.76. The standard InChI is InChI=1S/C14H20N4O/c15-12-3-1-11(2-4-12)14(5-6-14)17-13(19)18-9-7-16-8-10-18/h1-4,16H,5-10,15H2,(H,17,19). The van der Waals surface area contributed by atoms with Gasteiger partial charge < -0.3 is 21.3 Å². The first kappa shape index (κ1) is 12.3. The molecule has 3 rings (SSSR count). The first-order valence-corrected chi connectivity index (χ1v) is 6.83. The first-order chi connectivity index (χ1) is 9.20. The minimum Gasteiger partial charge on any atom is -0.399 e. The molecule has 0 atom stereocenters. The Bertz CT molecular complexity index is 461. The average molecular weight is 260 g/mol. The van der Waals surface area contributed by atoms with Crippen LogP contribution in [-0.2, 0) is 5.54 Å². The van der Waals surface area contributed by atoms with Gasteiger partial charge in [-0.3, -0.25) is 0 Å². The highest BCUT2D eigenvalue weighted by Crippen LogP contribution is 2.45. The van der Waals surface area contributed by atoms with Gasteiger partial charge in [0.05, 0.1) is 5.54 Å². The smallest absolute Gasteiger partial charge is 0.318 e. The lowest BCUT2D eigenvalue weighted by Crippen LogP contribution is -2.52. The molecule has 0 aromatic heterocycles. The maximum absolute atomic E-state index is 12.3. The third-order valence-electron chi connectivity index (χ3n) is 3.96. The molecule has 4 N–H and O–H groups in total. The molecule has 2 fully saturated rings. The number of benzene rings is 1. The van der Waals surface area contributed by atoms with Gasteiger partial charge in [-0.15, -0.1) is 0 Å². The molecule has 5 heteroatoms. The van der Waals surface area contributed by atoms with E-state index in [9.17, 15) is 4.79 Å². The summed E-state index contributed by atoms with van der Waals surface area (Å²) in [4.78, 5) is 14.1. The van der Waals surface area contributed by atoms with E-state index in [4.69, 9.17) is 5.73 Å². The normalized spacial score (nSPS) is 20.9. The number of hydrogen-bond acceptors (Lipinski definition) is 3. The molecule has 1 saturated heterocycles. The van der Waals surface area contributed by atoms with Crippen LogP contribution in [0.1, 0.15) is 18.4 Å². The average Bonchev–Trinajstić information content (AvgIpc) is 3.21. The fourth-order valence-electron chi connectivity index (χ4n) is 2.56. The Kier molecular flexibility index (Phi) is 3.06. The van der Waals surface area contributed by atoms with Crippen LogP contribution in [0.4, 0.5) is 10.5 Å². The van der Waals surface area contributed by atoms with Gasteiger partial charge in [0.15, 0.2) is 0 Å². The van der Waals surface area contributed by atoms with Crippen molar-refractivity contribution >= 4 is 11.7 Å². The second kappa shape index (κ2) is 4.74. The predicted molar refractivity (Wildman–Crippen MR) is 74.7 cm³/mol. The molecular formula is C14H20N4O. The highest BCUT2D eigenvalue weighted by atomic mass is 16.2. The zero-order chi connectivity index (χ0) is 13.3. The second-order valence-corrected chi connectivity index (χ2v) is 5.37. The summed E-state index contributed by atoms with van der Waals surface area (Å²) in [6, 6.07) is 7.87. The topological polar surface area (TPSA) is 70.4 Å². The van der Waals surface area contributed by atoms with Crippen LogP contribution in [0.3, 0.4) is 0 Å². The lowest BCUT2D eigenvalue weighted by molar-refractivity contribution is 0.185. The minimum atomic E-state index is -0.157. The molecule has 102 valence electrons. The molecule has 1 heterocycles. The van der Waals surface area contributed by atoms with Crippen LogP contribution in [0, 0.1) is 0 Å². The number of nitrogens with one attached hydrogen (secondary N) is 2. The number of urea groups is 1. The van der Waals surface area contributed by atoms with E-state index in [2.05, 4.69) is 10.6 Å². The Hall–Kier alpha value is -1.75. The van der Waals surface area contributed by atoms with E-state index in [0.29, 0.717) is 0 Å². The van der Waals surface area contributed by atoms with Gasteiger partial charge in [-0.1, -0.05) is 12.1 Å². The number of nitrogens with two attached hydrogens (primary N) is 1. The second-order valence-electron chi connectivity index (χ2n) is 5.37. The maximum atomic E-state index is 12.3.